The van der Waals surface area contributed by atoms with E-state index < -0.39 is 5.60 Å². The fourth-order valence-electron chi connectivity index (χ4n) is 4.78. The van der Waals surface area contributed by atoms with Gasteiger partial charge in [0.25, 0.3) is 5.91 Å². The van der Waals surface area contributed by atoms with Crippen LogP contribution in [0.4, 0.5) is 0 Å². The van der Waals surface area contributed by atoms with Crippen LogP contribution >= 0.6 is 0 Å². The Morgan fingerprint density at radius 2 is 1.65 bits per heavy atom. The summed E-state index contributed by atoms with van der Waals surface area (Å²) in [6, 6.07) is 5.78. The number of ether oxygens (including phenoxy) is 2. The average Bonchev–Trinajstić information content (AvgIpc) is 2.81. The Morgan fingerprint density at radius 3 is 2.24 bits per heavy atom. The predicted octanol–water partition coefficient (Wildman–Crippen LogP) is 6.69. The van der Waals surface area contributed by atoms with Gasteiger partial charge < -0.3 is 19.9 Å². The lowest BCUT2D eigenvalue weighted by molar-refractivity contribution is -0.141. The van der Waals surface area contributed by atoms with Gasteiger partial charge in [0.05, 0.1) is 6.61 Å². The summed E-state index contributed by atoms with van der Waals surface area (Å²) in [6.45, 7) is 9.64. The number of rotatable bonds is 16. The van der Waals surface area contributed by atoms with E-state index in [-0.39, 0.29) is 24.5 Å². The van der Waals surface area contributed by atoms with Gasteiger partial charge in [-0.2, -0.15) is 0 Å². The third kappa shape index (κ3) is 9.13. The first-order valence-electron chi connectivity index (χ1n) is 13.7. The molecule has 1 heterocycles. The third-order valence-electron chi connectivity index (χ3n) is 6.82. The van der Waals surface area contributed by atoms with Gasteiger partial charge in [0.2, 0.25) is 0 Å². The zero-order chi connectivity index (χ0) is 24.9. The molecule has 1 aromatic carbocycles. The van der Waals surface area contributed by atoms with Crippen molar-refractivity contribution in [3.05, 3.63) is 23.8 Å². The Hall–Kier alpha value is -1.75. The van der Waals surface area contributed by atoms with Crippen molar-refractivity contribution in [2.75, 3.05) is 19.8 Å². The maximum atomic E-state index is 13.1. The highest BCUT2D eigenvalue weighted by Crippen LogP contribution is 2.39. The standard InChI is InChI=1S/C29H49NO4/c1-5-6-7-8-9-10-11-12-13-14-18-29(19-15-20-30-27(29)32)34-26-17-16-24(33-22-21-31)23-25(26)28(2,3)4/h16-17,23,31H,5-15,18-22H2,1-4H3,(H,30,32). The van der Waals surface area contributed by atoms with Crippen LogP contribution in [0, 0.1) is 0 Å². The average molecular weight is 476 g/mol. The molecule has 5 heteroatoms. The van der Waals surface area contributed by atoms with Crippen molar-refractivity contribution in [1.29, 1.82) is 0 Å². The molecular formula is C29H49NO4. The highest BCUT2D eigenvalue weighted by atomic mass is 16.5. The molecule has 0 radical (unpaired) electrons. The van der Waals surface area contributed by atoms with Gasteiger partial charge in [-0.1, -0.05) is 85.5 Å². The number of aliphatic hydroxyl groups excluding tert-OH is 1. The SMILES string of the molecule is CCCCCCCCCCCCC1(Oc2ccc(OCCO)cc2C(C)(C)C)CCCNC1=O. The Balaban J connectivity index is 2.00. The lowest BCUT2D eigenvalue weighted by atomic mass is 9.84. The van der Waals surface area contributed by atoms with Crippen molar-refractivity contribution in [2.45, 2.75) is 122 Å². The number of aliphatic hydroxyl groups is 1. The van der Waals surface area contributed by atoms with Gasteiger partial charge >= 0.3 is 0 Å². The van der Waals surface area contributed by atoms with Crippen molar-refractivity contribution < 1.29 is 19.4 Å². The van der Waals surface area contributed by atoms with Crippen LogP contribution in [-0.4, -0.2) is 36.4 Å². The largest absolute Gasteiger partial charge is 0.491 e. The Labute approximate surface area is 208 Å². The predicted molar refractivity (Wildman–Crippen MR) is 140 cm³/mol. The lowest BCUT2D eigenvalue weighted by Gasteiger charge is -2.38. The number of nitrogens with one attached hydrogen (secondary N) is 1. The van der Waals surface area contributed by atoms with E-state index >= 15 is 0 Å². The molecule has 1 aromatic rings. The second-order valence-corrected chi connectivity index (χ2v) is 10.9. The van der Waals surface area contributed by atoms with Crippen LogP contribution < -0.4 is 14.8 Å². The molecule has 194 valence electrons. The van der Waals surface area contributed by atoms with E-state index in [2.05, 4.69) is 33.0 Å². The van der Waals surface area contributed by atoms with Crippen molar-refractivity contribution in [3.63, 3.8) is 0 Å². The number of benzene rings is 1. The summed E-state index contributed by atoms with van der Waals surface area (Å²) in [4.78, 5) is 13.1. The summed E-state index contributed by atoms with van der Waals surface area (Å²) in [6.07, 6.45) is 15.2. The van der Waals surface area contributed by atoms with Gasteiger partial charge in [0, 0.05) is 12.1 Å². The minimum Gasteiger partial charge on any atom is -0.491 e. The topological polar surface area (TPSA) is 67.8 Å². The van der Waals surface area contributed by atoms with Crippen LogP contribution in [0.15, 0.2) is 18.2 Å². The van der Waals surface area contributed by atoms with Crippen LogP contribution in [0.25, 0.3) is 0 Å². The van der Waals surface area contributed by atoms with Gasteiger partial charge in [-0.05, 0) is 49.3 Å². The van der Waals surface area contributed by atoms with Crippen molar-refractivity contribution in [3.8, 4) is 11.5 Å². The van der Waals surface area contributed by atoms with E-state index in [9.17, 15) is 4.79 Å². The number of amides is 1. The van der Waals surface area contributed by atoms with Gasteiger partial charge in [-0.3, -0.25) is 4.79 Å². The molecule has 1 aliphatic heterocycles. The molecule has 1 aliphatic rings. The van der Waals surface area contributed by atoms with Crippen LogP contribution in [0.2, 0.25) is 0 Å². The fourth-order valence-corrected chi connectivity index (χ4v) is 4.78. The van der Waals surface area contributed by atoms with E-state index in [1.165, 1.54) is 51.4 Å². The summed E-state index contributed by atoms with van der Waals surface area (Å²) in [5.41, 5.74) is 0.0484. The number of carbonyl (C=O) groups is 1. The van der Waals surface area contributed by atoms with Crippen molar-refractivity contribution >= 4 is 5.91 Å². The molecule has 2 rings (SSSR count). The minimum absolute atomic E-state index is 0.0226. The number of unbranched alkanes of at least 4 members (excludes halogenated alkanes) is 9. The van der Waals surface area contributed by atoms with Gasteiger partial charge in [-0.15, -0.1) is 0 Å². The molecule has 0 aliphatic carbocycles. The van der Waals surface area contributed by atoms with E-state index in [1.54, 1.807) is 0 Å². The molecule has 1 fully saturated rings. The smallest absolute Gasteiger partial charge is 0.264 e. The summed E-state index contributed by atoms with van der Waals surface area (Å²) in [5.74, 6) is 1.49. The minimum atomic E-state index is -0.800. The van der Waals surface area contributed by atoms with E-state index in [1.807, 2.05) is 18.2 Å². The molecule has 5 nitrogen and oxygen atoms in total. The van der Waals surface area contributed by atoms with Crippen LogP contribution in [-0.2, 0) is 10.2 Å². The van der Waals surface area contributed by atoms with E-state index in [0.29, 0.717) is 5.75 Å². The molecule has 2 N–H and O–H groups in total. The second-order valence-electron chi connectivity index (χ2n) is 10.9. The highest BCUT2D eigenvalue weighted by molar-refractivity contribution is 5.86. The monoisotopic (exact) mass is 475 g/mol. The molecule has 1 atom stereocenters. The summed E-state index contributed by atoms with van der Waals surface area (Å²) < 4.78 is 12.3. The lowest BCUT2D eigenvalue weighted by Crippen LogP contribution is -2.55. The zero-order valence-corrected chi connectivity index (χ0v) is 22.2. The van der Waals surface area contributed by atoms with Gasteiger partial charge in [-0.25, -0.2) is 0 Å². The number of hydrogen-bond acceptors (Lipinski definition) is 4. The maximum Gasteiger partial charge on any atom is 0.264 e. The first kappa shape index (κ1) is 28.5. The molecule has 0 bridgehead atoms. The first-order valence-corrected chi connectivity index (χ1v) is 13.7. The summed E-state index contributed by atoms with van der Waals surface area (Å²) >= 11 is 0. The Morgan fingerprint density at radius 1 is 1.00 bits per heavy atom. The molecule has 1 unspecified atom stereocenters. The van der Waals surface area contributed by atoms with Crippen molar-refractivity contribution in [1.82, 2.24) is 5.32 Å². The number of piperidine rings is 1. The first-order chi connectivity index (χ1) is 16.3. The molecule has 0 spiro atoms. The molecule has 0 aromatic heterocycles. The van der Waals surface area contributed by atoms with Crippen molar-refractivity contribution in [2.24, 2.45) is 0 Å². The molecule has 0 saturated carbocycles. The van der Waals surface area contributed by atoms with Gasteiger partial charge in [0.1, 0.15) is 18.1 Å². The van der Waals surface area contributed by atoms with Crippen LogP contribution in [0.1, 0.15) is 117 Å². The molecule has 1 saturated heterocycles. The molecular weight excluding hydrogens is 426 g/mol. The molecule has 34 heavy (non-hydrogen) atoms. The van der Waals surface area contributed by atoms with E-state index in [4.69, 9.17) is 14.6 Å². The van der Waals surface area contributed by atoms with E-state index in [0.717, 1.165) is 50.0 Å². The molecule has 1 amide bonds. The van der Waals surface area contributed by atoms with Crippen LogP contribution in [0.5, 0.6) is 11.5 Å². The Bertz CT molecular complexity index is 727. The fraction of sp³-hybridized carbons (Fsp3) is 0.759. The second kappa shape index (κ2) is 14.6. The summed E-state index contributed by atoms with van der Waals surface area (Å²) in [5, 5.41) is 12.2. The third-order valence-corrected chi connectivity index (χ3v) is 6.82. The quantitative estimate of drug-likeness (QED) is 0.261. The Kier molecular flexibility index (Phi) is 12.2. The highest BCUT2D eigenvalue weighted by Gasteiger charge is 2.43. The van der Waals surface area contributed by atoms with Gasteiger partial charge in [0.15, 0.2) is 5.60 Å². The summed E-state index contributed by atoms with van der Waals surface area (Å²) in [7, 11) is 0. The zero-order valence-electron chi connectivity index (χ0n) is 22.2. The maximum absolute atomic E-state index is 13.1. The van der Waals surface area contributed by atoms with Crippen LogP contribution in [0.3, 0.4) is 0 Å². The normalized spacial score (nSPS) is 18.6. The number of hydrogen-bond donors (Lipinski definition) is 2. The number of carbonyl (C=O) groups excluding carboxylic acids is 1.